The molecule has 120 valence electrons. The Labute approximate surface area is 135 Å². The summed E-state index contributed by atoms with van der Waals surface area (Å²) in [6, 6.07) is 7.86. The van der Waals surface area contributed by atoms with Crippen LogP contribution >= 0.6 is 11.8 Å². The van der Waals surface area contributed by atoms with Crippen molar-refractivity contribution in [1.29, 1.82) is 0 Å². The number of nitrogens with zero attached hydrogens (tertiary/aromatic N) is 1. The van der Waals surface area contributed by atoms with Gasteiger partial charge < -0.3 is 10.0 Å². The largest absolute Gasteiger partial charge is 0.481 e. The van der Waals surface area contributed by atoms with E-state index in [2.05, 4.69) is 6.92 Å². The van der Waals surface area contributed by atoms with Crippen LogP contribution in [0.15, 0.2) is 24.3 Å². The van der Waals surface area contributed by atoms with Crippen molar-refractivity contribution in [2.75, 3.05) is 24.6 Å². The summed E-state index contributed by atoms with van der Waals surface area (Å²) in [6.45, 7) is 4.91. The quantitative estimate of drug-likeness (QED) is 0.819. The molecule has 2 atom stereocenters. The first-order valence-corrected chi connectivity index (χ1v) is 8.84. The second kappa shape index (κ2) is 7.68. The molecule has 2 rings (SSSR count). The lowest BCUT2D eigenvalue weighted by Crippen LogP contribution is -2.31. The fraction of sp³-hybridized carbons (Fsp3) is 0.529. The van der Waals surface area contributed by atoms with Crippen molar-refractivity contribution in [2.24, 2.45) is 5.92 Å². The molecule has 1 aliphatic rings. The second-order valence-corrected chi connectivity index (χ2v) is 6.86. The molecular formula is C17H23NO3S. The highest BCUT2D eigenvalue weighted by molar-refractivity contribution is 7.99. The number of carbonyl (C=O) groups excluding carboxylic acids is 1. The molecule has 1 fully saturated rings. The molecule has 0 aromatic heterocycles. The molecule has 1 saturated heterocycles. The van der Waals surface area contributed by atoms with Crippen molar-refractivity contribution in [2.45, 2.75) is 26.2 Å². The Morgan fingerprint density at radius 3 is 2.68 bits per heavy atom. The zero-order valence-electron chi connectivity index (χ0n) is 13.1. The lowest BCUT2D eigenvalue weighted by Gasteiger charge is -2.18. The molecule has 0 bridgehead atoms. The van der Waals surface area contributed by atoms with Gasteiger partial charge in [-0.15, -0.1) is 0 Å². The van der Waals surface area contributed by atoms with Gasteiger partial charge in [0.1, 0.15) is 0 Å². The van der Waals surface area contributed by atoms with Gasteiger partial charge in [-0.3, -0.25) is 9.59 Å². The van der Waals surface area contributed by atoms with E-state index in [9.17, 15) is 14.7 Å². The van der Waals surface area contributed by atoms with E-state index in [0.29, 0.717) is 18.8 Å². The Morgan fingerprint density at radius 1 is 1.32 bits per heavy atom. The Balaban J connectivity index is 2.12. The average molecular weight is 321 g/mol. The molecule has 0 radical (unpaired) electrons. The van der Waals surface area contributed by atoms with Crippen molar-refractivity contribution in [3.05, 3.63) is 35.4 Å². The van der Waals surface area contributed by atoms with Gasteiger partial charge in [-0.2, -0.15) is 11.8 Å². The number of amides is 1. The van der Waals surface area contributed by atoms with E-state index in [1.807, 2.05) is 31.2 Å². The summed E-state index contributed by atoms with van der Waals surface area (Å²) >= 11 is 1.62. The number of likely N-dealkylation sites (tertiary alicyclic amines) is 1. The Kier molecular flexibility index (Phi) is 5.89. The number of carbonyl (C=O) groups is 2. The number of carboxylic acids is 1. The minimum absolute atomic E-state index is 0.0563. The van der Waals surface area contributed by atoms with Gasteiger partial charge in [-0.25, -0.2) is 0 Å². The molecule has 1 aromatic rings. The summed E-state index contributed by atoms with van der Waals surface area (Å²) < 4.78 is 0. The maximum Gasteiger partial charge on any atom is 0.308 e. The first-order valence-electron chi connectivity index (χ1n) is 7.68. The molecule has 1 N–H and O–H groups in total. The minimum Gasteiger partial charge on any atom is -0.481 e. The van der Waals surface area contributed by atoms with E-state index in [0.717, 1.165) is 23.3 Å². The van der Waals surface area contributed by atoms with E-state index in [-0.39, 0.29) is 11.8 Å². The van der Waals surface area contributed by atoms with E-state index in [1.54, 1.807) is 16.7 Å². The molecule has 1 aromatic carbocycles. The lowest BCUT2D eigenvalue weighted by atomic mass is 9.86. The summed E-state index contributed by atoms with van der Waals surface area (Å²) in [5, 5.41) is 9.51. The van der Waals surface area contributed by atoms with Crippen LogP contribution in [0.1, 0.15) is 30.4 Å². The number of hydrogen-bond acceptors (Lipinski definition) is 3. The predicted octanol–water partition coefficient (Wildman–Crippen LogP) is 2.76. The summed E-state index contributed by atoms with van der Waals surface area (Å²) in [6.07, 6.45) is 1.04. The highest BCUT2D eigenvalue weighted by atomic mass is 32.2. The second-order valence-electron chi connectivity index (χ2n) is 5.76. The summed E-state index contributed by atoms with van der Waals surface area (Å²) in [5.74, 6) is 0.0229. The van der Waals surface area contributed by atoms with Crippen molar-refractivity contribution in [1.82, 2.24) is 4.90 Å². The molecule has 1 amide bonds. The van der Waals surface area contributed by atoms with Gasteiger partial charge in [0.15, 0.2) is 0 Å². The highest BCUT2D eigenvalue weighted by Gasteiger charge is 2.40. The van der Waals surface area contributed by atoms with Crippen LogP contribution in [0.5, 0.6) is 0 Å². The third kappa shape index (κ3) is 3.83. The van der Waals surface area contributed by atoms with E-state index >= 15 is 0 Å². The van der Waals surface area contributed by atoms with E-state index < -0.39 is 11.9 Å². The highest BCUT2D eigenvalue weighted by Crippen LogP contribution is 2.34. The molecule has 0 unspecified atom stereocenters. The third-order valence-electron chi connectivity index (χ3n) is 4.15. The first kappa shape index (κ1) is 16.9. The molecule has 1 aliphatic heterocycles. The predicted molar refractivity (Wildman–Crippen MR) is 89.2 cm³/mol. The van der Waals surface area contributed by atoms with E-state index in [4.69, 9.17) is 0 Å². The lowest BCUT2D eigenvalue weighted by molar-refractivity contribution is -0.141. The fourth-order valence-electron chi connectivity index (χ4n) is 2.97. The molecule has 1 heterocycles. The molecule has 4 nitrogen and oxygen atoms in total. The van der Waals surface area contributed by atoms with Crippen LogP contribution in [0.25, 0.3) is 0 Å². The monoisotopic (exact) mass is 321 g/mol. The van der Waals surface area contributed by atoms with Crippen LogP contribution < -0.4 is 0 Å². The van der Waals surface area contributed by atoms with Crippen LogP contribution in [0, 0.1) is 12.8 Å². The van der Waals surface area contributed by atoms with Gasteiger partial charge in [0.2, 0.25) is 5.91 Å². The Morgan fingerprint density at radius 2 is 2.05 bits per heavy atom. The van der Waals surface area contributed by atoms with Gasteiger partial charge in [0, 0.05) is 19.0 Å². The number of benzene rings is 1. The molecular weight excluding hydrogens is 298 g/mol. The van der Waals surface area contributed by atoms with Crippen LogP contribution in [-0.2, 0) is 9.59 Å². The number of carboxylic acid groups (broad SMARTS) is 1. The van der Waals surface area contributed by atoms with Crippen molar-refractivity contribution < 1.29 is 14.7 Å². The van der Waals surface area contributed by atoms with Gasteiger partial charge in [-0.05, 0) is 30.2 Å². The standard InChI is InChI=1S/C17H23NO3S/c1-3-8-22-11-16(19)18-9-14(15(10-18)17(20)21)13-7-5-4-6-12(13)2/h4-7,14-15H,3,8-11H2,1-2H3,(H,20,21)/t14-,15+/m0/s1. The maximum atomic E-state index is 12.3. The van der Waals surface area contributed by atoms with Gasteiger partial charge in [-0.1, -0.05) is 31.2 Å². The molecule has 0 aliphatic carbocycles. The average Bonchev–Trinajstić information content (AvgIpc) is 2.93. The van der Waals surface area contributed by atoms with Crippen molar-refractivity contribution in [3.63, 3.8) is 0 Å². The van der Waals surface area contributed by atoms with Gasteiger partial charge in [0.05, 0.1) is 11.7 Å². The summed E-state index contributed by atoms with van der Waals surface area (Å²) in [4.78, 5) is 25.6. The zero-order valence-corrected chi connectivity index (χ0v) is 13.9. The Bertz CT molecular complexity index is 546. The van der Waals surface area contributed by atoms with Crippen molar-refractivity contribution >= 4 is 23.6 Å². The third-order valence-corrected chi connectivity index (χ3v) is 5.30. The SMILES string of the molecule is CCCSCC(=O)N1C[C@@H](C(=O)O)[C@H](c2ccccc2C)C1. The molecule has 0 saturated carbocycles. The zero-order chi connectivity index (χ0) is 16.1. The van der Waals surface area contributed by atoms with Crippen LogP contribution in [0.4, 0.5) is 0 Å². The Hall–Kier alpha value is -1.49. The molecule has 5 heteroatoms. The topological polar surface area (TPSA) is 57.6 Å². The number of thioether (sulfide) groups is 1. The van der Waals surface area contributed by atoms with Crippen LogP contribution in [0.2, 0.25) is 0 Å². The molecule has 22 heavy (non-hydrogen) atoms. The number of rotatable bonds is 6. The first-order chi connectivity index (χ1) is 10.5. The number of aliphatic carboxylic acids is 1. The smallest absolute Gasteiger partial charge is 0.308 e. The summed E-state index contributed by atoms with van der Waals surface area (Å²) in [5.41, 5.74) is 2.14. The van der Waals surface area contributed by atoms with Crippen molar-refractivity contribution in [3.8, 4) is 0 Å². The number of hydrogen-bond donors (Lipinski definition) is 1. The van der Waals surface area contributed by atoms with E-state index in [1.165, 1.54) is 0 Å². The van der Waals surface area contributed by atoms with Crippen LogP contribution in [0.3, 0.4) is 0 Å². The maximum absolute atomic E-state index is 12.3. The van der Waals surface area contributed by atoms with Gasteiger partial charge >= 0.3 is 5.97 Å². The van der Waals surface area contributed by atoms with Crippen LogP contribution in [-0.4, -0.2) is 46.5 Å². The number of aryl methyl sites for hydroxylation is 1. The molecule has 0 spiro atoms. The minimum atomic E-state index is -0.815. The summed E-state index contributed by atoms with van der Waals surface area (Å²) in [7, 11) is 0. The normalized spacial score (nSPS) is 21.1. The fourth-order valence-corrected chi connectivity index (χ4v) is 3.76. The van der Waals surface area contributed by atoms with Gasteiger partial charge in [0.25, 0.3) is 0 Å².